The Bertz CT molecular complexity index is 397. The summed E-state index contributed by atoms with van der Waals surface area (Å²) in [4.78, 5) is 0. The molecule has 3 nitrogen and oxygen atoms in total. The normalized spacial score (nSPS) is 23.7. The lowest BCUT2D eigenvalue weighted by molar-refractivity contribution is 0.0606. The highest BCUT2D eigenvalue weighted by atomic mass is 35.5. The van der Waals surface area contributed by atoms with Gasteiger partial charge in [-0.05, 0) is 25.0 Å². The van der Waals surface area contributed by atoms with Gasteiger partial charge in [0.25, 0.3) is 0 Å². The van der Waals surface area contributed by atoms with Crippen molar-refractivity contribution in [1.29, 1.82) is 0 Å². The Kier molecular flexibility index (Phi) is 4.72. The first kappa shape index (κ1) is 13.5. The van der Waals surface area contributed by atoms with Gasteiger partial charge in [-0.1, -0.05) is 24.4 Å². The van der Waals surface area contributed by atoms with Gasteiger partial charge >= 0.3 is 0 Å². The van der Waals surface area contributed by atoms with Crippen molar-refractivity contribution in [3.05, 3.63) is 23.2 Å². The van der Waals surface area contributed by atoms with Gasteiger partial charge in [-0.3, -0.25) is 0 Å². The van der Waals surface area contributed by atoms with E-state index in [-0.39, 0.29) is 6.10 Å². The molecule has 1 fully saturated rings. The molecule has 2 atom stereocenters. The van der Waals surface area contributed by atoms with Crippen molar-refractivity contribution in [2.45, 2.75) is 37.8 Å². The molecule has 1 aromatic carbocycles. The number of hydrogen-bond donors (Lipinski definition) is 1. The Balaban J connectivity index is 2.11. The second kappa shape index (κ2) is 6.30. The molecule has 1 aliphatic rings. The third-order valence-corrected chi connectivity index (χ3v) is 3.85. The highest BCUT2D eigenvalue weighted by molar-refractivity contribution is 6.33. The highest BCUT2D eigenvalue weighted by Gasteiger charge is 2.25. The highest BCUT2D eigenvalue weighted by Crippen LogP contribution is 2.30. The molecular formula is C14H20ClNO2. The summed E-state index contributed by atoms with van der Waals surface area (Å²) in [6.07, 6.45) is 4.96. The third-order valence-electron chi connectivity index (χ3n) is 3.52. The van der Waals surface area contributed by atoms with E-state index < -0.39 is 0 Å². The van der Waals surface area contributed by atoms with Crippen LogP contribution in [0.4, 0.5) is 5.69 Å². The van der Waals surface area contributed by atoms with E-state index in [1.54, 1.807) is 14.2 Å². The predicted molar refractivity (Wildman–Crippen MR) is 74.7 cm³/mol. The van der Waals surface area contributed by atoms with E-state index in [1.165, 1.54) is 12.8 Å². The number of hydrogen-bond acceptors (Lipinski definition) is 3. The molecule has 1 N–H and O–H groups in total. The second-order valence-corrected chi connectivity index (χ2v) is 5.06. The summed E-state index contributed by atoms with van der Waals surface area (Å²) in [6, 6.07) is 5.98. The van der Waals surface area contributed by atoms with Crippen LogP contribution in [-0.2, 0) is 4.74 Å². The zero-order valence-electron chi connectivity index (χ0n) is 10.9. The molecule has 0 aliphatic heterocycles. The summed E-state index contributed by atoms with van der Waals surface area (Å²) >= 11 is 6.20. The minimum absolute atomic E-state index is 0.265. The number of rotatable bonds is 4. The van der Waals surface area contributed by atoms with E-state index in [2.05, 4.69) is 5.32 Å². The van der Waals surface area contributed by atoms with Crippen molar-refractivity contribution in [2.75, 3.05) is 19.5 Å². The third kappa shape index (κ3) is 3.09. The van der Waals surface area contributed by atoms with Gasteiger partial charge in [-0.15, -0.1) is 0 Å². The fraction of sp³-hybridized carbons (Fsp3) is 0.571. The zero-order chi connectivity index (χ0) is 13.0. The maximum absolute atomic E-state index is 6.20. The van der Waals surface area contributed by atoms with Gasteiger partial charge in [0.15, 0.2) is 0 Å². The average molecular weight is 270 g/mol. The molecule has 1 saturated carbocycles. The quantitative estimate of drug-likeness (QED) is 0.904. The molecule has 0 amide bonds. The van der Waals surface area contributed by atoms with E-state index >= 15 is 0 Å². The number of anilines is 1. The summed E-state index contributed by atoms with van der Waals surface area (Å²) < 4.78 is 10.8. The van der Waals surface area contributed by atoms with Crippen LogP contribution in [0.25, 0.3) is 0 Å². The maximum atomic E-state index is 6.20. The van der Waals surface area contributed by atoms with Gasteiger partial charge in [-0.25, -0.2) is 0 Å². The molecule has 0 aromatic heterocycles. The largest absolute Gasteiger partial charge is 0.497 e. The molecule has 1 aliphatic carbocycles. The number of halogens is 1. The smallest absolute Gasteiger partial charge is 0.121 e. The van der Waals surface area contributed by atoms with Crippen LogP contribution in [-0.4, -0.2) is 26.4 Å². The van der Waals surface area contributed by atoms with Gasteiger partial charge in [0, 0.05) is 13.2 Å². The first-order chi connectivity index (χ1) is 8.74. The molecule has 2 rings (SSSR count). The van der Waals surface area contributed by atoms with Gasteiger partial charge in [0.2, 0.25) is 0 Å². The molecule has 18 heavy (non-hydrogen) atoms. The van der Waals surface area contributed by atoms with E-state index in [1.807, 2.05) is 18.2 Å². The summed E-state index contributed by atoms with van der Waals surface area (Å²) in [7, 11) is 3.43. The molecule has 0 spiro atoms. The molecular weight excluding hydrogens is 250 g/mol. The molecule has 0 radical (unpaired) electrons. The summed E-state index contributed by atoms with van der Waals surface area (Å²) in [5.41, 5.74) is 0.921. The fourth-order valence-corrected chi connectivity index (χ4v) is 2.66. The second-order valence-electron chi connectivity index (χ2n) is 4.66. The van der Waals surface area contributed by atoms with Crippen LogP contribution in [0, 0.1) is 0 Å². The zero-order valence-corrected chi connectivity index (χ0v) is 11.7. The molecule has 4 heteroatoms. The Morgan fingerprint density at radius 3 is 2.72 bits per heavy atom. The van der Waals surface area contributed by atoms with E-state index in [0.717, 1.165) is 29.3 Å². The Morgan fingerprint density at radius 1 is 1.22 bits per heavy atom. The van der Waals surface area contributed by atoms with Crippen LogP contribution >= 0.6 is 11.6 Å². The minimum atomic E-state index is 0.265. The Labute approximate surface area is 113 Å². The molecule has 1 aromatic rings. The van der Waals surface area contributed by atoms with Gasteiger partial charge in [0.05, 0.1) is 30.0 Å². The first-order valence-corrected chi connectivity index (χ1v) is 6.75. The number of nitrogens with one attached hydrogen (secondary N) is 1. The first-order valence-electron chi connectivity index (χ1n) is 6.37. The molecule has 0 saturated heterocycles. The van der Waals surface area contributed by atoms with Crippen LogP contribution < -0.4 is 10.1 Å². The standard InChI is InChI=1S/C14H20ClNO2/c1-17-10-7-8-11(15)13(9-10)16-12-5-3-4-6-14(12)18-2/h7-9,12,14,16H,3-6H2,1-2H3. The molecule has 2 unspecified atom stereocenters. The number of benzene rings is 1. The van der Waals surface area contributed by atoms with Crippen molar-refractivity contribution in [3.63, 3.8) is 0 Å². The van der Waals surface area contributed by atoms with E-state index in [4.69, 9.17) is 21.1 Å². The molecule has 0 bridgehead atoms. The lowest BCUT2D eigenvalue weighted by Gasteiger charge is -2.32. The van der Waals surface area contributed by atoms with E-state index in [0.29, 0.717) is 6.04 Å². The monoisotopic (exact) mass is 269 g/mol. The lowest BCUT2D eigenvalue weighted by atomic mass is 9.92. The number of methoxy groups -OCH3 is 2. The van der Waals surface area contributed by atoms with Gasteiger partial charge in [-0.2, -0.15) is 0 Å². The summed E-state index contributed by atoms with van der Waals surface area (Å²) in [6.45, 7) is 0. The van der Waals surface area contributed by atoms with Crippen LogP contribution in [0.15, 0.2) is 18.2 Å². The van der Waals surface area contributed by atoms with Gasteiger partial charge < -0.3 is 14.8 Å². The van der Waals surface area contributed by atoms with Crippen molar-refractivity contribution < 1.29 is 9.47 Å². The summed E-state index contributed by atoms with van der Waals surface area (Å²) in [5.74, 6) is 0.812. The topological polar surface area (TPSA) is 30.5 Å². The minimum Gasteiger partial charge on any atom is -0.497 e. The van der Waals surface area contributed by atoms with E-state index in [9.17, 15) is 0 Å². The number of ether oxygens (including phenoxy) is 2. The molecule has 100 valence electrons. The lowest BCUT2D eigenvalue weighted by Crippen LogP contribution is -2.37. The predicted octanol–water partition coefficient (Wildman–Crippen LogP) is 3.72. The SMILES string of the molecule is COc1ccc(Cl)c(NC2CCCCC2OC)c1. The van der Waals surface area contributed by atoms with Crippen LogP contribution in [0.1, 0.15) is 25.7 Å². The maximum Gasteiger partial charge on any atom is 0.121 e. The van der Waals surface area contributed by atoms with Crippen molar-refractivity contribution in [2.24, 2.45) is 0 Å². The fourth-order valence-electron chi connectivity index (χ4n) is 2.49. The summed E-state index contributed by atoms with van der Waals surface area (Å²) in [5, 5.41) is 4.21. The van der Waals surface area contributed by atoms with Crippen LogP contribution in [0.5, 0.6) is 5.75 Å². The van der Waals surface area contributed by atoms with Crippen molar-refractivity contribution in [1.82, 2.24) is 0 Å². The average Bonchev–Trinajstić information content (AvgIpc) is 2.42. The Hall–Kier alpha value is -0.930. The van der Waals surface area contributed by atoms with Crippen molar-refractivity contribution >= 4 is 17.3 Å². The molecule has 0 heterocycles. The van der Waals surface area contributed by atoms with Crippen LogP contribution in [0.2, 0.25) is 5.02 Å². The van der Waals surface area contributed by atoms with Crippen LogP contribution in [0.3, 0.4) is 0 Å². The van der Waals surface area contributed by atoms with Gasteiger partial charge in [0.1, 0.15) is 5.75 Å². The Morgan fingerprint density at radius 2 is 2.00 bits per heavy atom. The van der Waals surface area contributed by atoms with Crippen molar-refractivity contribution in [3.8, 4) is 5.75 Å².